The second-order valence-electron chi connectivity index (χ2n) is 5.67. The molecule has 1 amide bonds. The van der Waals surface area contributed by atoms with Crippen molar-refractivity contribution in [1.29, 1.82) is 0 Å². The van der Waals surface area contributed by atoms with Crippen molar-refractivity contribution in [3.63, 3.8) is 0 Å². The van der Waals surface area contributed by atoms with Crippen LogP contribution in [0.1, 0.15) is 24.2 Å². The van der Waals surface area contributed by atoms with Crippen molar-refractivity contribution in [3.05, 3.63) is 53.8 Å². The van der Waals surface area contributed by atoms with Gasteiger partial charge < -0.3 is 19.7 Å². The van der Waals surface area contributed by atoms with Crippen LogP contribution in [-0.2, 0) is 0 Å². The third kappa shape index (κ3) is 5.20. The van der Waals surface area contributed by atoms with Crippen LogP contribution < -0.4 is 14.8 Å². The van der Waals surface area contributed by atoms with Crippen LogP contribution in [0.15, 0.2) is 42.5 Å². The summed E-state index contributed by atoms with van der Waals surface area (Å²) in [5.41, 5.74) is 0.504. The molecule has 0 aliphatic rings. The number of ether oxygens (including phenoxy) is 2. The Hall–Kier alpha value is -2.60. The van der Waals surface area contributed by atoms with E-state index >= 15 is 0 Å². The Balaban J connectivity index is 2.08. The molecule has 0 aliphatic heterocycles. The van der Waals surface area contributed by atoms with Crippen molar-refractivity contribution in [2.75, 3.05) is 38.7 Å². The van der Waals surface area contributed by atoms with Crippen LogP contribution in [0.5, 0.6) is 11.5 Å². The summed E-state index contributed by atoms with van der Waals surface area (Å²) < 4.78 is 24.9. The highest BCUT2D eigenvalue weighted by molar-refractivity contribution is 6.04. The monoisotopic (exact) mass is 360 g/mol. The Labute approximate surface area is 153 Å². The Kier molecular flexibility index (Phi) is 7.41. The number of likely N-dealkylation sites (N-methyl/N-ethyl adjacent to an activating group) is 1. The predicted molar refractivity (Wildman–Crippen MR) is 101 cm³/mol. The van der Waals surface area contributed by atoms with E-state index in [1.807, 2.05) is 0 Å². The predicted octanol–water partition coefficient (Wildman–Crippen LogP) is 3.81. The van der Waals surface area contributed by atoms with E-state index in [0.29, 0.717) is 23.8 Å². The Morgan fingerprint density at radius 3 is 2.50 bits per heavy atom. The number of hydrogen-bond acceptors (Lipinski definition) is 4. The van der Waals surface area contributed by atoms with Gasteiger partial charge in [0, 0.05) is 18.3 Å². The van der Waals surface area contributed by atoms with Gasteiger partial charge in [0.1, 0.15) is 12.4 Å². The van der Waals surface area contributed by atoms with Gasteiger partial charge in [0.05, 0.1) is 12.7 Å². The Bertz CT molecular complexity index is 733. The summed E-state index contributed by atoms with van der Waals surface area (Å²) in [7, 11) is 1.56. The topological polar surface area (TPSA) is 50.8 Å². The van der Waals surface area contributed by atoms with E-state index in [4.69, 9.17) is 9.47 Å². The normalized spacial score (nSPS) is 10.7. The van der Waals surface area contributed by atoms with Gasteiger partial charge in [-0.15, -0.1) is 0 Å². The Morgan fingerprint density at radius 2 is 1.85 bits per heavy atom. The smallest absolute Gasteiger partial charge is 0.258 e. The van der Waals surface area contributed by atoms with E-state index in [-0.39, 0.29) is 5.56 Å². The summed E-state index contributed by atoms with van der Waals surface area (Å²) in [5, 5.41) is 2.69. The van der Waals surface area contributed by atoms with Gasteiger partial charge in [0.25, 0.3) is 5.91 Å². The number of amides is 1. The maximum atomic E-state index is 13.7. The van der Waals surface area contributed by atoms with E-state index in [0.717, 1.165) is 19.6 Å². The van der Waals surface area contributed by atoms with Crippen LogP contribution in [-0.4, -0.2) is 44.2 Å². The number of nitrogens with one attached hydrogen (secondary N) is 1. The SMILES string of the molecule is CCN(CC)CCOc1cc(NC(=O)c2ccccc2F)ccc1OC. The summed E-state index contributed by atoms with van der Waals surface area (Å²) in [6, 6.07) is 10.9. The highest BCUT2D eigenvalue weighted by Crippen LogP contribution is 2.30. The van der Waals surface area contributed by atoms with E-state index < -0.39 is 11.7 Å². The first-order valence-corrected chi connectivity index (χ1v) is 8.68. The summed E-state index contributed by atoms with van der Waals surface area (Å²) in [4.78, 5) is 14.5. The minimum atomic E-state index is -0.561. The molecule has 0 spiro atoms. The summed E-state index contributed by atoms with van der Waals surface area (Å²) in [5.74, 6) is 0.0380. The molecule has 26 heavy (non-hydrogen) atoms. The van der Waals surface area contributed by atoms with Crippen LogP contribution in [0.2, 0.25) is 0 Å². The molecule has 1 N–H and O–H groups in total. The first-order chi connectivity index (χ1) is 12.6. The second-order valence-corrected chi connectivity index (χ2v) is 5.67. The molecule has 0 aliphatic carbocycles. The third-order valence-corrected chi connectivity index (χ3v) is 4.10. The lowest BCUT2D eigenvalue weighted by atomic mass is 10.2. The van der Waals surface area contributed by atoms with Crippen LogP contribution in [0, 0.1) is 5.82 Å². The number of halogens is 1. The molecular weight excluding hydrogens is 335 g/mol. The van der Waals surface area contributed by atoms with Crippen LogP contribution in [0.25, 0.3) is 0 Å². The second kappa shape index (κ2) is 9.77. The van der Waals surface area contributed by atoms with Crippen LogP contribution in [0.4, 0.5) is 10.1 Å². The van der Waals surface area contributed by atoms with Crippen LogP contribution in [0.3, 0.4) is 0 Å². The van der Waals surface area contributed by atoms with Crippen molar-refractivity contribution < 1.29 is 18.7 Å². The minimum absolute atomic E-state index is 0.00711. The number of nitrogens with zero attached hydrogens (tertiary/aromatic N) is 1. The molecule has 2 aromatic carbocycles. The lowest BCUT2D eigenvalue weighted by Crippen LogP contribution is -2.28. The third-order valence-electron chi connectivity index (χ3n) is 4.10. The lowest BCUT2D eigenvalue weighted by Gasteiger charge is -2.19. The van der Waals surface area contributed by atoms with Gasteiger partial charge in [-0.05, 0) is 37.4 Å². The minimum Gasteiger partial charge on any atom is -0.493 e. The molecular formula is C20H25FN2O3. The maximum absolute atomic E-state index is 13.7. The molecule has 0 aromatic heterocycles. The zero-order valence-electron chi connectivity index (χ0n) is 15.4. The molecule has 0 atom stereocenters. The van der Waals surface area contributed by atoms with Crippen molar-refractivity contribution >= 4 is 11.6 Å². The first-order valence-electron chi connectivity index (χ1n) is 8.68. The van der Waals surface area contributed by atoms with Gasteiger partial charge in [0.2, 0.25) is 0 Å². The van der Waals surface area contributed by atoms with Gasteiger partial charge in [-0.1, -0.05) is 26.0 Å². The van der Waals surface area contributed by atoms with Gasteiger partial charge in [-0.25, -0.2) is 4.39 Å². The number of benzene rings is 2. The number of anilines is 1. The number of methoxy groups -OCH3 is 1. The molecule has 0 unspecified atom stereocenters. The zero-order chi connectivity index (χ0) is 18.9. The van der Waals surface area contributed by atoms with Gasteiger partial charge in [0.15, 0.2) is 11.5 Å². The van der Waals surface area contributed by atoms with Gasteiger partial charge in [-0.2, -0.15) is 0 Å². The van der Waals surface area contributed by atoms with Gasteiger partial charge >= 0.3 is 0 Å². The molecule has 0 fully saturated rings. The van der Waals surface area contributed by atoms with Crippen molar-refractivity contribution in [2.45, 2.75) is 13.8 Å². The first kappa shape index (κ1) is 19.7. The molecule has 0 heterocycles. The van der Waals surface area contributed by atoms with Crippen molar-refractivity contribution in [2.24, 2.45) is 0 Å². The fourth-order valence-electron chi connectivity index (χ4n) is 2.54. The fourth-order valence-corrected chi connectivity index (χ4v) is 2.54. The van der Waals surface area contributed by atoms with Crippen molar-refractivity contribution in [1.82, 2.24) is 4.90 Å². The van der Waals surface area contributed by atoms with E-state index in [2.05, 4.69) is 24.1 Å². The molecule has 2 aromatic rings. The van der Waals surface area contributed by atoms with E-state index in [9.17, 15) is 9.18 Å². The molecule has 5 nitrogen and oxygen atoms in total. The molecule has 0 saturated heterocycles. The highest BCUT2D eigenvalue weighted by Gasteiger charge is 2.13. The summed E-state index contributed by atoms with van der Waals surface area (Å²) >= 11 is 0. The van der Waals surface area contributed by atoms with E-state index in [1.165, 1.54) is 12.1 Å². The molecule has 140 valence electrons. The quantitative estimate of drug-likeness (QED) is 0.739. The molecule has 0 bridgehead atoms. The molecule has 2 rings (SSSR count). The van der Waals surface area contributed by atoms with Gasteiger partial charge in [-0.3, -0.25) is 4.79 Å². The summed E-state index contributed by atoms with van der Waals surface area (Å²) in [6.45, 7) is 7.40. The van der Waals surface area contributed by atoms with Crippen LogP contribution >= 0.6 is 0 Å². The number of carbonyl (C=O) groups is 1. The number of hydrogen-bond donors (Lipinski definition) is 1. The maximum Gasteiger partial charge on any atom is 0.258 e. The highest BCUT2D eigenvalue weighted by atomic mass is 19.1. The number of carbonyl (C=O) groups excluding carboxylic acids is 1. The average Bonchev–Trinajstić information content (AvgIpc) is 2.65. The average molecular weight is 360 g/mol. The standard InChI is InChI=1S/C20H25FN2O3/c1-4-23(5-2)12-13-26-19-14-15(10-11-18(19)25-3)22-20(24)16-8-6-7-9-17(16)21/h6-11,14H,4-5,12-13H2,1-3H3,(H,22,24). The lowest BCUT2D eigenvalue weighted by molar-refractivity contribution is 0.102. The Morgan fingerprint density at radius 1 is 1.12 bits per heavy atom. The van der Waals surface area contributed by atoms with E-state index in [1.54, 1.807) is 37.4 Å². The van der Waals surface area contributed by atoms with Crippen molar-refractivity contribution in [3.8, 4) is 11.5 Å². The zero-order valence-corrected chi connectivity index (χ0v) is 15.4. The largest absolute Gasteiger partial charge is 0.493 e. The molecule has 0 radical (unpaired) electrons. The molecule has 6 heteroatoms. The summed E-state index contributed by atoms with van der Waals surface area (Å²) in [6.07, 6.45) is 0. The molecule has 0 saturated carbocycles. The fraction of sp³-hybridized carbons (Fsp3) is 0.350. The number of rotatable bonds is 9.